The van der Waals surface area contributed by atoms with Gasteiger partial charge < -0.3 is 9.47 Å². The summed E-state index contributed by atoms with van der Waals surface area (Å²) in [6.45, 7) is 0. The molecule has 0 fully saturated rings. The Morgan fingerprint density at radius 1 is 0.303 bits per heavy atom. The highest BCUT2D eigenvalue weighted by molar-refractivity contribution is 7.26. The highest BCUT2D eigenvalue weighted by Crippen LogP contribution is 2.64. The van der Waals surface area contributed by atoms with Crippen molar-refractivity contribution in [3.05, 3.63) is 301 Å². The molecular weight excluding hydrogens is 937 g/mol. The molecule has 1 spiro atoms. The number of aromatic nitrogens is 1. The Balaban J connectivity index is 0.887. The monoisotopic (exact) mass is 982 g/mol. The Bertz CT molecular complexity index is 4580. The number of thiophene rings is 1. The molecule has 0 bridgehead atoms. The zero-order valence-corrected chi connectivity index (χ0v) is 42.2. The summed E-state index contributed by atoms with van der Waals surface area (Å²) >= 11 is 1.90. The van der Waals surface area contributed by atoms with E-state index in [1.54, 1.807) is 0 Å². The third kappa shape index (κ3) is 6.09. The molecule has 2 aliphatic carbocycles. The third-order valence-electron chi connectivity index (χ3n) is 16.4. The Morgan fingerprint density at radius 3 is 1.38 bits per heavy atom. The molecular formula is C73H46N2S. The van der Waals surface area contributed by atoms with Gasteiger partial charge in [0.05, 0.1) is 22.1 Å². The van der Waals surface area contributed by atoms with Crippen LogP contribution in [0.1, 0.15) is 22.3 Å². The van der Waals surface area contributed by atoms with Crippen molar-refractivity contribution in [2.24, 2.45) is 0 Å². The van der Waals surface area contributed by atoms with E-state index in [1.165, 1.54) is 120 Å². The topological polar surface area (TPSA) is 8.17 Å². The maximum Gasteiger partial charge on any atom is 0.0726 e. The van der Waals surface area contributed by atoms with Crippen molar-refractivity contribution in [3.8, 4) is 61.3 Å². The molecule has 12 aromatic carbocycles. The highest BCUT2D eigenvalue weighted by atomic mass is 32.1. The first-order valence-corrected chi connectivity index (χ1v) is 27.1. The first-order valence-electron chi connectivity index (χ1n) is 26.2. The van der Waals surface area contributed by atoms with Gasteiger partial charge in [-0.25, -0.2) is 0 Å². The molecule has 2 nitrogen and oxygen atoms in total. The molecule has 0 saturated heterocycles. The fourth-order valence-electron chi connectivity index (χ4n) is 13.3. The maximum atomic E-state index is 2.50. The second-order valence-electron chi connectivity index (χ2n) is 20.2. The molecule has 0 atom stereocenters. The minimum atomic E-state index is -0.463. The Morgan fingerprint density at radius 2 is 0.737 bits per heavy atom. The molecule has 0 aliphatic heterocycles. The van der Waals surface area contributed by atoms with Gasteiger partial charge in [-0.15, -0.1) is 11.3 Å². The lowest BCUT2D eigenvalue weighted by molar-refractivity contribution is 0.794. The maximum absolute atomic E-state index is 2.50. The van der Waals surface area contributed by atoms with E-state index in [0.717, 1.165) is 22.7 Å². The van der Waals surface area contributed by atoms with Crippen molar-refractivity contribution >= 4 is 70.4 Å². The van der Waals surface area contributed by atoms with Crippen LogP contribution in [0, 0.1) is 0 Å². The molecule has 0 N–H and O–H groups in total. The molecule has 14 aromatic rings. The fourth-order valence-corrected chi connectivity index (χ4v) is 14.7. The van der Waals surface area contributed by atoms with Gasteiger partial charge in [0.25, 0.3) is 0 Å². The molecule has 2 heterocycles. The van der Waals surface area contributed by atoms with Crippen molar-refractivity contribution in [2.45, 2.75) is 5.41 Å². The average molecular weight is 983 g/mol. The predicted octanol–water partition coefficient (Wildman–Crippen LogP) is 20.0. The van der Waals surface area contributed by atoms with Gasteiger partial charge in [-0.2, -0.15) is 0 Å². The van der Waals surface area contributed by atoms with Crippen LogP contribution in [0.2, 0.25) is 0 Å². The molecule has 0 amide bonds. The number of para-hydroxylation sites is 2. The van der Waals surface area contributed by atoms with Gasteiger partial charge in [-0.05, 0) is 127 Å². The summed E-state index contributed by atoms with van der Waals surface area (Å²) in [4.78, 5) is 2.50. The van der Waals surface area contributed by atoms with Crippen molar-refractivity contribution in [3.63, 3.8) is 0 Å². The number of fused-ring (bicyclic) bond motifs is 16. The number of benzene rings is 12. The van der Waals surface area contributed by atoms with Gasteiger partial charge in [-0.3, -0.25) is 0 Å². The van der Waals surface area contributed by atoms with E-state index < -0.39 is 5.41 Å². The molecule has 0 saturated carbocycles. The van der Waals surface area contributed by atoms with Crippen LogP contribution in [0.4, 0.5) is 17.1 Å². The first-order chi connectivity index (χ1) is 37.7. The summed E-state index contributed by atoms with van der Waals surface area (Å²) in [7, 11) is 0. The SMILES string of the molecule is c1ccc(-c2cccc3c2sc2c(-c4ccc(N(c5ccc(-c6cccc7c6c6ccccc6n7-c6ccccc6)cc5)c5cccc6c5-c5ccccc5C65c6ccccc6-c6ccccc65)cc4)cccc23)cc1. The van der Waals surface area contributed by atoms with E-state index in [4.69, 9.17) is 0 Å². The minimum Gasteiger partial charge on any atom is -0.310 e. The van der Waals surface area contributed by atoms with E-state index in [-0.39, 0.29) is 0 Å². The minimum absolute atomic E-state index is 0.463. The lowest BCUT2D eigenvalue weighted by Crippen LogP contribution is -2.26. The lowest BCUT2D eigenvalue weighted by atomic mass is 9.70. The van der Waals surface area contributed by atoms with Crippen molar-refractivity contribution in [2.75, 3.05) is 4.90 Å². The van der Waals surface area contributed by atoms with Crippen LogP contribution in [0.3, 0.4) is 0 Å². The Hall–Kier alpha value is -9.54. The van der Waals surface area contributed by atoms with Crippen molar-refractivity contribution in [1.82, 2.24) is 4.57 Å². The number of rotatable bonds is 7. The fraction of sp³-hybridized carbons (Fsp3) is 0.0137. The molecule has 2 aromatic heterocycles. The normalized spacial score (nSPS) is 12.8. The van der Waals surface area contributed by atoms with E-state index in [1.807, 2.05) is 11.3 Å². The second-order valence-corrected chi connectivity index (χ2v) is 21.3. The van der Waals surface area contributed by atoms with Crippen molar-refractivity contribution < 1.29 is 0 Å². The molecule has 0 unspecified atom stereocenters. The van der Waals surface area contributed by atoms with E-state index in [9.17, 15) is 0 Å². The van der Waals surface area contributed by atoms with Crippen LogP contribution in [-0.4, -0.2) is 4.57 Å². The summed E-state index contributed by atoms with van der Waals surface area (Å²) in [5.74, 6) is 0. The zero-order valence-electron chi connectivity index (χ0n) is 41.4. The van der Waals surface area contributed by atoms with Crippen molar-refractivity contribution in [1.29, 1.82) is 0 Å². The third-order valence-corrected chi connectivity index (χ3v) is 17.7. The molecule has 0 radical (unpaired) electrons. The van der Waals surface area contributed by atoms with Crippen LogP contribution in [0.5, 0.6) is 0 Å². The summed E-state index contributed by atoms with van der Waals surface area (Å²) in [5.41, 5.74) is 24.3. The standard InChI is InChI=1S/C73H46N2S/c1-3-19-47(20-4-1)54-28-15-30-58-59-31-16-29-55(72(59)76-71(54)58)49-41-45-52(46-42-49)74(51-43-39-48(40-44-51)53-27-17-37-67-69(53)61-26-10-14-36-66(61)75(67)50-21-5-2-6-22-50)68-38-18-35-65-70(68)60-25-9-13-34-64(60)73(65)62-32-11-7-23-56(62)57-24-8-12-33-63(57)73/h1-46H. The van der Waals surface area contributed by atoms with Crippen LogP contribution in [0.25, 0.3) is 103 Å². The smallest absolute Gasteiger partial charge is 0.0726 e. The van der Waals surface area contributed by atoms with Gasteiger partial charge in [0, 0.05) is 53.6 Å². The quantitative estimate of drug-likeness (QED) is 0.154. The van der Waals surface area contributed by atoms with E-state index >= 15 is 0 Å². The number of nitrogens with zero attached hydrogens (tertiary/aromatic N) is 2. The number of hydrogen-bond acceptors (Lipinski definition) is 2. The van der Waals surface area contributed by atoms with Crippen LogP contribution >= 0.6 is 11.3 Å². The zero-order chi connectivity index (χ0) is 49.9. The van der Waals surface area contributed by atoms with Crippen LogP contribution in [0.15, 0.2) is 279 Å². The summed E-state index contributed by atoms with van der Waals surface area (Å²) in [5, 5.41) is 5.10. The number of anilines is 3. The molecule has 16 rings (SSSR count). The van der Waals surface area contributed by atoms with Crippen LogP contribution in [-0.2, 0) is 5.41 Å². The Kier molecular flexibility index (Phi) is 9.45. The molecule has 76 heavy (non-hydrogen) atoms. The van der Waals surface area contributed by atoms with Gasteiger partial charge in [0.2, 0.25) is 0 Å². The van der Waals surface area contributed by atoms with Gasteiger partial charge in [-0.1, -0.05) is 224 Å². The van der Waals surface area contributed by atoms with Gasteiger partial charge in [0.1, 0.15) is 0 Å². The summed E-state index contributed by atoms with van der Waals surface area (Å²) in [6.07, 6.45) is 0. The van der Waals surface area contributed by atoms with E-state index in [0.29, 0.717) is 0 Å². The highest BCUT2D eigenvalue weighted by Gasteiger charge is 2.52. The lowest BCUT2D eigenvalue weighted by Gasteiger charge is -2.32. The second kappa shape index (κ2) is 16.7. The number of hydrogen-bond donors (Lipinski definition) is 0. The molecule has 3 heteroatoms. The van der Waals surface area contributed by atoms with Crippen LogP contribution < -0.4 is 4.90 Å². The average Bonchev–Trinajstić information content (AvgIpc) is 4.40. The summed E-state index contributed by atoms with van der Waals surface area (Å²) < 4.78 is 5.03. The van der Waals surface area contributed by atoms with Gasteiger partial charge >= 0.3 is 0 Å². The summed E-state index contributed by atoms with van der Waals surface area (Å²) in [6, 6.07) is 104. The Labute approximate surface area is 445 Å². The largest absolute Gasteiger partial charge is 0.310 e. The molecule has 2 aliphatic rings. The first kappa shape index (κ1) is 42.9. The van der Waals surface area contributed by atoms with E-state index in [2.05, 4.69) is 289 Å². The molecule has 354 valence electrons. The predicted molar refractivity (Wildman–Crippen MR) is 321 cm³/mol. The van der Waals surface area contributed by atoms with Gasteiger partial charge in [0.15, 0.2) is 0 Å².